The number of nitrogens with zero attached hydrogens (tertiary/aromatic N) is 1. The van der Waals surface area contributed by atoms with Gasteiger partial charge in [0.2, 0.25) is 0 Å². The Kier molecular flexibility index (Phi) is 4.50. The topological polar surface area (TPSA) is 23.5 Å². The largest absolute Gasteiger partial charge is 0.389 e. The van der Waals surface area contributed by atoms with Gasteiger partial charge in [-0.3, -0.25) is 4.90 Å². The van der Waals surface area contributed by atoms with Crippen molar-refractivity contribution in [2.75, 3.05) is 19.6 Å². The number of alkyl halides is 1. The van der Waals surface area contributed by atoms with Gasteiger partial charge in [0.15, 0.2) is 0 Å². The van der Waals surface area contributed by atoms with Gasteiger partial charge in [0.05, 0.1) is 6.10 Å². The molecule has 0 unspecified atom stereocenters. The SMILES string of the molecule is CC/C=C(/CN1C[C@@H](O)[C@H](F)C1)c1ccccc1. The van der Waals surface area contributed by atoms with Crippen molar-refractivity contribution in [3.05, 3.63) is 42.0 Å². The van der Waals surface area contributed by atoms with Gasteiger partial charge in [-0.2, -0.15) is 0 Å². The number of aliphatic hydroxyl groups excluding tert-OH is 1. The van der Waals surface area contributed by atoms with Gasteiger partial charge < -0.3 is 5.11 Å². The Morgan fingerprint density at radius 2 is 2.11 bits per heavy atom. The maximum atomic E-state index is 13.3. The van der Waals surface area contributed by atoms with Crippen LogP contribution in [0.1, 0.15) is 18.9 Å². The lowest BCUT2D eigenvalue weighted by atomic mass is 10.0. The van der Waals surface area contributed by atoms with Gasteiger partial charge in [0, 0.05) is 19.6 Å². The van der Waals surface area contributed by atoms with E-state index in [0.29, 0.717) is 19.6 Å². The molecule has 0 aromatic heterocycles. The van der Waals surface area contributed by atoms with Gasteiger partial charge in [-0.1, -0.05) is 43.3 Å². The first-order chi connectivity index (χ1) is 8.70. The molecule has 1 heterocycles. The van der Waals surface area contributed by atoms with E-state index in [1.54, 1.807) is 0 Å². The smallest absolute Gasteiger partial charge is 0.140 e. The van der Waals surface area contributed by atoms with Crippen LogP contribution in [0.15, 0.2) is 36.4 Å². The number of halogens is 1. The Morgan fingerprint density at radius 1 is 1.39 bits per heavy atom. The fraction of sp³-hybridized carbons (Fsp3) is 0.467. The lowest BCUT2D eigenvalue weighted by Crippen LogP contribution is -2.24. The van der Waals surface area contributed by atoms with E-state index in [4.69, 9.17) is 0 Å². The van der Waals surface area contributed by atoms with E-state index in [9.17, 15) is 9.50 Å². The summed E-state index contributed by atoms with van der Waals surface area (Å²) in [6, 6.07) is 10.2. The first-order valence-electron chi connectivity index (χ1n) is 6.49. The average molecular weight is 249 g/mol. The molecule has 1 saturated heterocycles. The monoisotopic (exact) mass is 249 g/mol. The second-order valence-electron chi connectivity index (χ2n) is 4.78. The van der Waals surface area contributed by atoms with E-state index in [0.717, 1.165) is 6.42 Å². The Morgan fingerprint density at radius 3 is 2.67 bits per heavy atom. The quantitative estimate of drug-likeness (QED) is 0.886. The van der Waals surface area contributed by atoms with Crippen molar-refractivity contribution >= 4 is 5.57 Å². The van der Waals surface area contributed by atoms with Crippen LogP contribution < -0.4 is 0 Å². The average Bonchev–Trinajstić information content (AvgIpc) is 2.69. The number of hydrogen-bond acceptors (Lipinski definition) is 2. The number of allylic oxidation sites excluding steroid dienone is 1. The van der Waals surface area contributed by atoms with Crippen LogP contribution in [0.25, 0.3) is 5.57 Å². The van der Waals surface area contributed by atoms with Gasteiger partial charge in [-0.05, 0) is 17.6 Å². The summed E-state index contributed by atoms with van der Waals surface area (Å²) in [7, 11) is 0. The van der Waals surface area contributed by atoms with Crippen molar-refractivity contribution in [2.45, 2.75) is 25.6 Å². The van der Waals surface area contributed by atoms with Crippen molar-refractivity contribution < 1.29 is 9.50 Å². The number of benzene rings is 1. The minimum atomic E-state index is -1.11. The zero-order valence-electron chi connectivity index (χ0n) is 10.7. The molecule has 0 radical (unpaired) electrons. The molecular formula is C15H20FNO. The Balaban J connectivity index is 2.07. The molecule has 0 spiro atoms. The standard InChI is InChI=1S/C15H20FNO/c1-2-6-13(12-7-4-3-5-8-12)9-17-10-14(16)15(18)11-17/h3-8,14-15,18H,2,9-11H2,1H3/b13-6-/t14-,15-/m1/s1. The molecule has 1 aliphatic heterocycles. The van der Waals surface area contributed by atoms with Gasteiger partial charge in [0.25, 0.3) is 0 Å². The molecule has 0 saturated carbocycles. The molecule has 2 rings (SSSR count). The third-order valence-electron chi connectivity index (χ3n) is 3.28. The molecule has 1 N–H and O–H groups in total. The highest BCUT2D eigenvalue weighted by Crippen LogP contribution is 2.20. The molecule has 1 aliphatic rings. The normalized spacial score (nSPS) is 25.6. The summed E-state index contributed by atoms with van der Waals surface area (Å²) in [5.41, 5.74) is 2.38. The van der Waals surface area contributed by atoms with Crippen LogP contribution in [-0.4, -0.2) is 41.9 Å². The number of hydrogen-bond donors (Lipinski definition) is 1. The predicted molar refractivity (Wildman–Crippen MR) is 72.1 cm³/mol. The molecule has 2 atom stereocenters. The molecule has 0 amide bonds. The maximum absolute atomic E-state index is 13.3. The minimum absolute atomic E-state index is 0.328. The molecule has 0 aliphatic carbocycles. The molecule has 1 fully saturated rings. The lowest BCUT2D eigenvalue weighted by Gasteiger charge is -2.17. The van der Waals surface area contributed by atoms with E-state index >= 15 is 0 Å². The lowest BCUT2D eigenvalue weighted by molar-refractivity contribution is 0.116. The summed E-state index contributed by atoms with van der Waals surface area (Å²) in [5.74, 6) is 0. The number of likely N-dealkylation sites (tertiary alicyclic amines) is 1. The summed E-state index contributed by atoms with van der Waals surface area (Å²) >= 11 is 0. The highest BCUT2D eigenvalue weighted by Gasteiger charge is 2.31. The molecule has 3 heteroatoms. The summed E-state index contributed by atoms with van der Waals surface area (Å²) < 4.78 is 13.3. The minimum Gasteiger partial charge on any atom is -0.389 e. The van der Waals surface area contributed by atoms with Crippen LogP contribution >= 0.6 is 0 Å². The molecule has 18 heavy (non-hydrogen) atoms. The highest BCUT2D eigenvalue weighted by atomic mass is 19.1. The molecule has 1 aromatic rings. The van der Waals surface area contributed by atoms with Crippen LogP contribution in [-0.2, 0) is 0 Å². The van der Waals surface area contributed by atoms with Gasteiger partial charge >= 0.3 is 0 Å². The van der Waals surface area contributed by atoms with Crippen molar-refractivity contribution in [3.8, 4) is 0 Å². The van der Waals surface area contributed by atoms with E-state index in [1.165, 1.54) is 11.1 Å². The number of β-amino-alcohol motifs (C(OH)–C–C–N with tert-alkyl or cyclic N) is 1. The van der Waals surface area contributed by atoms with Crippen LogP contribution in [0, 0.1) is 0 Å². The van der Waals surface area contributed by atoms with E-state index in [2.05, 4.69) is 25.1 Å². The third-order valence-corrected chi connectivity index (χ3v) is 3.28. The fourth-order valence-corrected chi connectivity index (χ4v) is 2.36. The zero-order valence-corrected chi connectivity index (χ0v) is 10.7. The third kappa shape index (κ3) is 3.18. The summed E-state index contributed by atoms with van der Waals surface area (Å²) in [6.45, 7) is 3.55. The van der Waals surface area contributed by atoms with Gasteiger partial charge in [0.1, 0.15) is 6.17 Å². The van der Waals surface area contributed by atoms with Crippen molar-refractivity contribution in [1.29, 1.82) is 0 Å². The molecule has 0 bridgehead atoms. The van der Waals surface area contributed by atoms with Crippen molar-refractivity contribution in [3.63, 3.8) is 0 Å². The molecule has 1 aromatic carbocycles. The summed E-state index contributed by atoms with van der Waals surface area (Å²) in [4.78, 5) is 1.98. The second-order valence-corrected chi connectivity index (χ2v) is 4.78. The molecule has 2 nitrogen and oxygen atoms in total. The van der Waals surface area contributed by atoms with Crippen LogP contribution in [0.5, 0.6) is 0 Å². The van der Waals surface area contributed by atoms with Crippen LogP contribution in [0.2, 0.25) is 0 Å². The Bertz CT molecular complexity index is 394. The van der Waals surface area contributed by atoms with Crippen LogP contribution in [0.3, 0.4) is 0 Å². The van der Waals surface area contributed by atoms with Crippen LogP contribution in [0.4, 0.5) is 4.39 Å². The number of aliphatic hydroxyl groups is 1. The molecule has 98 valence electrons. The summed E-state index contributed by atoms with van der Waals surface area (Å²) in [5, 5.41) is 9.45. The molecular weight excluding hydrogens is 229 g/mol. The first-order valence-corrected chi connectivity index (χ1v) is 6.49. The van der Waals surface area contributed by atoms with Gasteiger partial charge in [-0.15, -0.1) is 0 Å². The van der Waals surface area contributed by atoms with Crippen molar-refractivity contribution in [2.24, 2.45) is 0 Å². The van der Waals surface area contributed by atoms with E-state index in [1.807, 2.05) is 23.1 Å². The second kappa shape index (κ2) is 6.12. The van der Waals surface area contributed by atoms with E-state index < -0.39 is 12.3 Å². The first kappa shape index (κ1) is 13.2. The van der Waals surface area contributed by atoms with E-state index in [-0.39, 0.29) is 0 Å². The maximum Gasteiger partial charge on any atom is 0.140 e. The fourth-order valence-electron chi connectivity index (χ4n) is 2.36. The van der Waals surface area contributed by atoms with Crippen molar-refractivity contribution in [1.82, 2.24) is 4.90 Å². The Hall–Kier alpha value is -1.19. The highest BCUT2D eigenvalue weighted by molar-refractivity contribution is 5.66. The Labute approximate surface area is 108 Å². The predicted octanol–water partition coefficient (Wildman–Crippen LogP) is 2.49. The zero-order chi connectivity index (χ0) is 13.0. The number of rotatable bonds is 4. The van der Waals surface area contributed by atoms with Gasteiger partial charge in [-0.25, -0.2) is 4.39 Å². The summed E-state index contributed by atoms with van der Waals surface area (Å²) in [6.07, 6.45) is 1.19.